The lowest BCUT2D eigenvalue weighted by Gasteiger charge is -2.32. The maximum atomic E-state index is 10.9. The lowest BCUT2D eigenvalue weighted by atomic mass is 9.76. The van der Waals surface area contributed by atoms with Gasteiger partial charge >= 0.3 is 5.97 Å². The van der Waals surface area contributed by atoms with Crippen LogP contribution in [0.15, 0.2) is 0 Å². The quantitative estimate of drug-likeness (QED) is 0.755. The second-order valence-electron chi connectivity index (χ2n) is 4.88. The van der Waals surface area contributed by atoms with Crippen LogP contribution in [0.4, 0.5) is 0 Å². The van der Waals surface area contributed by atoms with Crippen molar-refractivity contribution in [2.24, 2.45) is 17.8 Å². The van der Waals surface area contributed by atoms with Crippen LogP contribution in [0.1, 0.15) is 46.0 Å². The Labute approximate surface area is 91.5 Å². The first-order valence-electron chi connectivity index (χ1n) is 5.97. The van der Waals surface area contributed by atoms with Crippen molar-refractivity contribution in [3.63, 3.8) is 0 Å². The number of carbonyl (C=O) groups is 1. The van der Waals surface area contributed by atoms with Crippen LogP contribution in [0.5, 0.6) is 0 Å². The van der Waals surface area contributed by atoms with Gasteiger partial charge in [-0.3, -0.25) is 4.79 Å². The van der Waals surface area contributed by atoms with Gasteiger partial charge in [-0.2, -0.15) is 0 Å². The number of hydrogen-bond acceptors (Lipinski definition) is 2. The fraction of sp³-hybridized carbons (Fsp3) is 0.917. The molecular weight excluding hydrogens is 192 g/mol. The Bertz CT molecular complexity index is 215. The third-order valence-corrected chi connectivity index (χ3v) is 3.63. The number of aliphatic hydroxyl groups excluding tert-OH is 1. The number of aliphatic hydroxyl groups is 1. The van der Waals surface area contributed by atoms with Crippen molar-refractivity contribution in [2.45, 2.75) is 52.1 Å². The fourth-order valence-electron chi connectivity index (χ4n) is 2.68. The van der Waals surface area contributed by atoms with E-state index in [9.17, 15) is 9.90 Å². The first-order chi connectivity index (χ1) is 7.06. The third kappa shape index (κ3) is 3.20. The second kappa shape index (κ2) is 5.50. The summed E-state index contributed by atoms with van der Waals surface area (Å²) in [5.74, 6) is -0.622. The van der Waals surface area contributed by atoms with Crippen LogP contribution in [-0.2, 0) is 4.79 Å². The van der Waals surface area contributed by atoms with E-state index in [1.807, 2.05) is 6.92 Å². The van der Waals surface area contributed by atoms with E-state index in [1.165, 1.54) is 6.42 Å². The molecule has 1 saturated carbocycles. The summed E-state index contributed by atoms with van der Waals surface area (Å²) in [5, 5.41) is 19.0. The third-order valence-electron chi connectivity index (χ3n) is 3.63. The summed E-state index contributed by atoms with van der Waals surface area (Å²) in [5.41, 5.74) is 0. The van der Waals surface area contributed by atoms with Crippen LogP contribution in [0.25, 0.3) is 0 Å². The second-order valence-corrected chi connectivity index (χ2v) is 4.88. The van der Waals surface area contributed by atoms with E-state index in [1.54, 1.807) is 0 Å². The van der Waals surface area contributed by atoms with E-state index in [0.29, 0.717) is 12.3 Å². The van der Waals surface area contributed by atoms with Gasteiger partial charge in [-0.25, -0.2) is 0 Å². The van der Waals surface area contributed by atoms with Gasteiger partial charge in [0.05, 0.1) is 12.0 Å². The Morgan fingerprint density at radius 2 is 2.13 bits per heavy atom. The van der Waals surface area contributed by atoms with Crippen molar-refractivity contribution in [3.8, 4) is 0 Å². The van der Waals surface area contributed by atoms with Crippen molar-refractivity contribution in [1.82, 2.24) is 0 Å². The van der Waals surface area contributed by atoms with Crippen molar-refractivity contribution in [2.75, 3.05) is 0 Å². The zero-order valence-electron chi connectivity index (χ0n) is 9.65. The molecule has 0 heterocycles. The van der Waals surface area contributed by atoms with E-state index in [4.69, 9.17) is 5.11 Å². The van der Waals surface area contributed by atoms with Crippen LogP contribution < -0.4 is 0 Å². The standard InChI is InChI=1S/C12H22O3/c1-3-10(12(14)15)11(13)9-6-4-5-8(2)7-9/h8-11,13H,3-7H2,1-2H3,(H,14,15). The van der Waals surface area contributed by atoms with Crippen molar-refractivity contribution >= 4 is 5.97 Å². The van der Waals surface area contributed by atoms with E-state index >= 15 is 0 Å². The Morgan fingerprint density at radius 1 is 1.47 bits per heavy atom. The molecule has 0 aromatic rings. The van der Waals surface area contributed by atoms with Crippen LogP contribution in [0, 0.1) is 17.8 Å². The lowest BCUT2D eigenvalue weighted by molar-refractivity contribution is -0.148. The Morgan fingerprint density at radius 3 is 2.60 bits per heavy atom. The van der Waals surface area contributed by atoms with Crippen LogP contribution in [-0.4, -0.2) is 22.3 Å². The molecule has 1 rings (SSSR count). The summed E-state index contributed by atoms with van der Waals surface area (Å²) in [4.78, 5) is 10.9. The lowest BCUT2D eigenvalue weighted by Crippen LogP contribution is -2.36. The minimum Gasteiger partial charge on any atom is -0.481 e. The summed E-state index contributed by atoms with van der Waals surface area (Å²) in [6.45, 7) is 4.01. The maximum absolute atomic E-state index is 10.9. The molecule has 0 spiro atoms. The molecule has 4 atom stereocenters. The first-order valence-corrected chi connectivity index (χ1v) is 5.97. The van der Waals surface area contributed by atoms with Crippen molar-refractivity contribution in [1.29, 1.82) is 0 Å². The Hall–Kier alpha value is -0.570. The van der Waals surface area contributed by atoms with Gasteiger partial charge in [0.25, 0.3) is 0 Å². The van der Waals surface area contributed by atoms with Gasteiger partial charge in [-0.1, -0.05) is 26.7 Å². The average Bonchev–Trinajstić information content (AvgIpc) is 2.18. The van der Waals surface area contributed by atoms with Gasteiger partial charge < -0.3 is 10.2 Å². The highest BCUT2D eigenvalue weighted by Gasteiger charge is 2.33. The van der Waals surface area contributed by atoms with Crippen molar-refractivity contribution < 1.29 is 15.0 Å². The molecule has 88 valence electrons. The fourth-order valence-corrected chi connectivity index (χ4v) is 2.68. The highest BCUT2D eigenvalue weighted by molar-refractivity contribution is 5.70. The molecular formula is C12H22O3. The van der Waals surface area contributed by atoms with Gasteiger partial charge in [0.2, 0.25) is 0 Å². The molecule has 1 aliphatic rings. The normalized spacial score (nSPS) is 30.9. The molecule has 1 aliphatic carbocycles. The van der Waals surface area contributed by atoms with Crippen LogP contribution >= 0.6 is 0 Å². The summed E-state index contributed by atoms with van der Waals surface area (Å²) in [6, 6.07) is 0. The maximum Gasteiger partial charge on any atom is 0.309 e. The molecule has 0 saturated heterocycles. The van der Waals surface area contributed by atoms with E-state index in [-0.39, 0.29) is 5.92 Å². The molecule has 0 aromatic heterocycles. The smallest absolute Gasteiger partial charge is 0.309 e. The zero-order valence-corrected chi connectivity index (χ0v) is 9.65. The minimum absolute atomic E-state index is 0.190. The van der Waals surface area contributed by atoms with E-state index in [0.717, 1.165) is 19.3 Å². The van der Waals surface area contributed by atoms with Crippen LogP contribution in [0.3, 0.4) is 0 Å². The predicted octanol–water partition coefficient (Wildman–Crippen LogP) is 2.28. The number of carboxylic acids is 1. The average molecular weight is 214 g/mol. The Kier molecular flexibility index (Phi) is 4.58. The first kappa shape index (κ1) is 12.5. The molecule has 3 heteroatoms. The number of aliphatic carboxylic acids is 1. The number of hydrogen-bond donors (Lipinski definition) is 2. The van der Waals surface area contributed by atoms with Gasteiger partial charge in [0, 0.05) is 0 Å². The molecule has 0 amide bonds. The van der Waals surface area contributed by atoms with Gasteiger partial charge in [0.15, 0.2) is 0 Å². The molecule has 2 N–H and O–H groups in total. The highest BCUT2D eigenvalue weighted by Crippen LogP contribution is 2.33. The zero-order chi connectivity index (χ0) is 11.4. The minimum atomic E-state index is -0.858. The number of carboxylic acid groups (broad SMARTS) is 1. The largest absolute Gasteiger partial charge is 0.481 e. The molecule has 0 radical (unpaired) electrons. The molecule has 3 nitrogen and oxygen atoms in total. The monoisotopic (exact) mass is 214 g/mol. The van der Waals surface area contributed by atoms with Crippen LogP contribution in [0.2, 0.25) is 0 Å². The summed E-state index contributed by atoms with van der Waals surface area (Å²) in [7, 11) is 0. The van der Waals surface area contributed by atoms with Gasteiger partial charge in [-0.15, -0.1) is 0 Å². The molecule has 0 bridgehead atoms. The molecule has 15 heavy (non-hydrogen) atoms. The van der Waals surface area contributed by atoms with Crippen molar-refractivity contribution in [3.05, 3.63) is 0 Å². The summed E-state index contributed by atoms with van der Waals surface area (Å²) in [6.07, 6.45) is 4.16. The predicted molar refractivity (Wildman–Crippen MR) is 58.5 cm³/mol. The van der Waals surface area contributed by atoms with Gasteiger partial charge in [0.1, 0.15) is 0 Å². The highest BCUT2D eigenvalue weighted by atomic mass is 16.4. The molecule has 1 fully saturated rings. The van der Waals surface area contributed by atoms with Gasteiger partial charge in [-0.05, 0) is 31.1 Å². The molecule has 0 aliphatic heterocycles. The van der Waals surface area contributed by atoms with E-state index in [2.05, 4.69) is 6.92 Å². The SMILES string of the molecule is CCC(C(=O)O)C(O)C1CCCC(C)C1. The number of rotatable bonds is 4. The molecule has 4 unspecified atom stereocenters. The summed E-state index contributed by atoms with van der Waals surface area (Å²) < 4.78 is 0. The van der Waals surface area contributed by atoms with E-state index < -0.39 is 18.0 Å². The topological polar surface area (TPSA) is 57.5 Å². The summed E-state index contributed by atoms with van der Waals surface area (Å²) >= 11 is 0. The molecule has 0 aromatic carbocycles. The Balaban J connectivity index is 2.57.